The van der Waals surface area contributed by atoms with Crippen molar-refractivity contribution in [1.82, 2.24) is 14.9 Å². The highest BCUT2D eigenvalue weighted by atomic mass is 32.1. The number of aromatic amines is 1. The molecule has 1 heterocycles. The van der Waals surface area contributed by atoms with E-state index in [0.29, 0.717) is 33.7 Å². The van der Waals surface area contributed by atoms with E-state index in [1.165, 1.54) is 4.57 Å². The van der Waals surface area contributed by atoms with Gasteiger partial charge in [-0.1, -0.05) is 13.8 Å². The van der Waals surface area contributed by atoms with E-state index in [1.807, 2.05) is 0 Å². The summed E-state index contributed by atoms with van der Waals surface area (Å²) in [5.74, 6) is 0.401. The van der Waals surface area contributed by atoms with Crippen LogP contribution in [0.3, 0.4) is 0 Å². The molecule has 1 amide bonds. The molecule has 5 nitrogen and oxygen atoms in total. The van der Waals surface area contributed by atoms with Crippen molar-refractivity contribution < 1.29 is 4.79 Å². The second-order valence-corrected chi connectivity index (χ2v) is 5.88. The van der Waals surface area contributed by atoms with E-state index >= 15 is 0 Å². The fourth-order valence-electron chi connectivity index (χ4n) is 2.02. The van der Waals surface area contributed by atoms with Gasteiger partial charge in [0.05, 0.1) is 10.9 Å². The number of nitrogens with zero attached hydrogens (tertiary/aromatic N) is 1. The highest BCUT2D eigenvalue weighted by molar-refractivity contribution is 7.71. The zero-order chi connectivity index (χ0) is 15.6. The molecule has 2 N–H and O–H groups in total. The number of aromatic nitrogens is 2. The van der Waals surface area contributed by atoms with Gasteiger partial charge in [0.1, 0.15) is 0 Å². The lowest BCUT2D eigenvalue weighted by Gasteiger charge is -2.08. The first kappa shape index (κ1) is 15.4. The smallest absolute Gasteiger partial charge is 0.261 e. The number of amides is 1. The molecule has 21 heavy (non-hydrogen) atoms. The minimum Gasteiger partial charge on any atom is -0.352 e. The highest BCUT2D eigenvalue weighted by Gasteiger charge is 2.09. The van der Waals surface area contributed by atoms with E-state index < -0.39 is 0 Å². The predicted molar refractivity (Wildman–Crippen MR) is 86.2 cm³/mol. The van der Waals surface area contributed by atoms with E-state index in [9.17, 15) is 9.59 Å². The first-order valence-corrected chi connectivity index (χ1v) is 7.32. The molecule has 0 fully saturated rings. The summed E-state index contributed by atoms with van der Waals surface area (Å²) in [5.41, 5.74) is 0.935. The van der Waals surface area contributed by atoms with Gasteiger partial charge < -0.3 is 10.3 Å². The fraction of sp³-hybridized carbons (Fsp3) is 0.400. The van der Waals surface area contributed by atoms with Crippen LogP contribution in [0.15, 0.2) is 23.0 Å². The van der Waals surface area contributed by atoms with E-state index in [1.54, 1.807) is 25.2 Å². The van der Waals surface area contributed by atoms with Crippen LogP contribution in [0.1, 0.15) is 30.6 Å². The summed E-state index contributed by atoms with van der Waals surface area (Å²) >= 11 is 5.08. The van der Waals surface area contributed by atoms with E-state index in [0.717, 1.165) is 6.42 Å². The molecule has 0 saturated heterocycles. The Hall–Kier alpha value is -1.95. The van der Waals surface area contributed by atoms with Gasteiger partial charge in [-0.3, -0.25) is 14.2 Å². The Morgan fingerprint density at radius 3 is 2.81 bits per heavy atom. The average Bonchev–Trinajstić information content (AvgIpc) is 2.44. The van der Waals surface area contributed by atoms with Crippen molar-refractivity contribution in [2.45, 2.75) is 20.3 Å². The molecule has 6 heteroatoms. The van der Waals surface area contributed by atoms with E-state index in [4.69, 9.17) is 12.2 Å². The molecule has 0 saturated carbocycles. The molecule has 1 aromatic heterocycles. The van der Waals surface area contributed by atoms with Crippen molar-refractivity contribution in [3.05, 3.63) is 38.9 Å². The molecule has 0 bridgehead atoms. The number of fused-ring (bicyclic) bond motifs is 1. The predicted octanol–water partition coefficient (Wildman–Crippen LogP) is 2.37. The minimum absolute atomic E-state index is 0.141. The monoisotopic (exact) mass is 305 g/mol. The van der Waals surface area contributed by atoms with Crippen LogP contribution in [0.4, 0.5) is 0 Å². The molecule has 2 aromatic rings. The molecular weight excluding hydrogens is 286 g/mol. The third-order valence-electron chi connectivity index (χ3n) is 3.37. The van der Waals surface area contributed by atoms with Crippen LogP contribution in [0, 0.1) is 10.7 Å². The number of hydrogen-bond donors (Lipinski definition) is 2. The number of carbonyl (C=O) groups is 1. The zero-order valence-electron chi connectivity index (χ0n) is 12.4. The summed E-state index contributed by atoms with van der Waals surface area (Å²) in [4.78, 5) is 27.1. The van der Waals surface area contributed by atoms with Crippen LogP contribution in [-0.2, 0) is 7.05 Å². The number of rotatable bonds is 4. The maximum Gasteiger partial charge on any atom is 0.261 e. The van der Waals surface area contributed by atoms with Crippen LogP contribution >= 0.6 is 12.2 Å². The third kappa shape index (κ3) is 3.39. The quantitative estimate of drug-likeness (QED) is 0.852. The molecule has 1 aromatic carbocycles. The van der Waals surface area contributed by atoms with Crippen LogP contribution in [0.5, 0.6) is 0 Å². The van der Waals surface area contributed by atoms with Gasteiger partial charge in [0.15, 0.2) is 4.77 Å². The van der Waals surface area contributed by atoms with Gasteiger partial charge in [0.2, 0.25) is 0 Å². The Morgan fingerprint density at radius 1 is 1.43 bits per heavy atom. The third-order valence-corrected chi connectivity index (χ3v) is 3.75. The molecule has 0 atom stereocenters. The number of benzene rings is 1. The van der Waals surface area contributed by atoms with Gasteiger partial charge in [-0.05, 0) is 42.8 Å². The van der Waals surface area contributed by atoms with Gasteiger partial charge in [-0.25, -0.2) is 0 Å². The average molecular weight is 305 g/mol. The molecule has 0 aliphatic carbocycles. The Balaban J connectivity index is 2.31. The van der Waals surface area contributed by atoms with Crippen molar-refractivity contribution in [2.24, 2.45) is 13.0 Å². The standard InChI is InChI=1S/C15H19N3O2S/c1-9(2)6-7-16-13(19)10-4-5-11-12(8-10)17-15(21)18(3)14(11)20/h4-5,8-9H,6-7H2,1-3H3,(H,16,19)(H,17,21). The summed E-state index contributed by atoms with van der Waals surface area (Å²) in [5, 5.41) is 3.39. The largest absolute Gasteiger partial charge is 0.352 e. The molecule has 0 aliphatic heterocycles. The SMILES string of the molecule is CC(C)CCNC(=O)c1ccc2c(=O)n(C)c(=S)[nH]c2c1. The van der Waals surface area contributed by atoms with Crippen molar-refractivity contribution >= 4 is 29.0 Å². The Bertz CT molecular complexity index is 790. The van der Waals surface area contributed by atoms with Crippen LogP contribution in [0.2, 0.25) is 0 Å². The van der Waals surface area contributed by atoms with Gasteiger partial charge >= 0.3 is 0 Å². The van der Waals surface area contributed by atoms with Crippen LogP contribution in [0.25, 0.3) is 10.9 Å². The molecule has 0 unspecified atom stereocenters. The molecule has 0 spiro atoms. The van der Waals surface area contributed by atoms with Gasteiger partial charge in [-0.15, -0.1) is 0 Å². The summed E-state index contributed by atoms with van der Waals surface area (Å²) in [6.07, 6.45) is 0.933. The lowest BCUT2D eigenvalue weighted by molar-refractivity contribution is 0.0952. The number of nitrogens with one attached hydrogen (secondary N) is 2. The second-order valence-electron chi connectivity index (χ2n) is 5.49. The van der Waals surface area contributed by atoms with Crippen molar-refractivity contribution in [2.75, 3.05) is 6.54 Å². The topological polar surface area (TPSA) is 66.9 Å². The van der Waals surface area contributed by atoms with Gasteiger partial charge in [0, 0.05) is 19.2 Å². The fourth-order valence-corrected chi connectivity index (χ4v) is 2.22. The summed E-state index contributed by atoms with van der Waals surface area (Å²) < 4.78 is 1.71. The summed E-state index contributed by atoms with van der Waals surface area (Å²) in [6, 6.07) is 4.98. The van der Waals surface area contributed by atoms with Gasteiger partial charge in [0.25, 0.3) is 11.5 Å². The Labute approximate surface area is 128 Å². The zero-order valence-corrected chi connectivity index (χ0v) is 13.2. The normalized spacial score (nSPS) is 11.0. The minimum atomic E-state index is -0.166. The number of carbonyl (C=O) groups excluding carboxylic acids is 1. The lowest BCUT2D eigenvalue weighted by atomic mass is 10.1. The van der Waals surface area contributed by atoms with Crippen molar-refractivity contribution in [3.63, 3.8) is 0 Å². The second kappa shape index (κ2) is 6.22. The highest BCUT2D eigenvalue weighted by Crippen LogP contribution is 2.10. The summed E-state index contributed by atoms with van der Waals surface area (Å²) in [6.45, 7) is 4.86. The van der Waals surface area contributed by atoms with Crippen LogP contribution in [-0.4, -0.2) is 22.0 Å². The summed E-state index contributed by atoms with van der Waals surface area (Å²) in [7, 11) is 1.62. The van der Waals surface area contributed by atoms with E-state index in [-0.39, 0.29) is 11.5 Å². The maximum atomic E-state index is 12.1. The Morgan fingerprint density at radius 2 is 2.14 bits per heavy atom. The first-order valence-electron chi connectivity index (χ1n) is 6.91. The molecule has 2 rings (SSSR count). The van der Waals surface area contributed by atoms with E-state index in [2.05, 4.69) is 24.1 Å². The maximum absolute atomic E-state index is 12.1. The van der Waals surface area contributed by atoms with Gasteiger partial charge in [-0.2, -0.15) is 0 Å². The van der Waals surface area contributed by atoms with Crippen molar-refractivity contribution in [1.29, 1.82) is 0 Å². The molecule has 0 radical (unpaired) electrons. The lowest BCUT2D eigenvalue weighted by Crippen LogP contribution is -2.25. The van der Waals surface area contributed by atoms with Crippen LogP contribution < -0.4 is 10.9 Å². The first-order chi connectivity index (χ1) is 9.90. The molecule has 112 valence electrons. The molecule has 0 aliphatic rings. The number of H-pyrrole nitrogens is 1. The van der Waals surface area contributed by atoms with Crippen molar-refractivity contribution in [3.8, 4) is 0 Å². The molecular formula is C15H19N3O2S. The Kier molecular flexibility index (Phi) is 4.57. The number of hydrogen-bond acceptors (Lipinski definition) is 3.